The number of rotatable bonds is 28. The first-order valence-corrected chi connectivity index (χ1v) is 24.6. The summed E-state index contributed by atoms with van der Waals surface area (Å²) >= 11 is 0. The second-order valence-corrected chi connectivity index (χ2v) is 17.0. The third kappa shape index (κ3) is 18.3. The predicted molar refractivity (Wildman–Crippen MR) is 283 cm³/mol. The largest absolute Gasteiger partial charge is 0.494 e. The number of hydrogen-bond donors (Lipinski definition) is 0. The van der Waals surface area contributed by atoms with Crippen LogP contribution in [0.25, 0.3) is 21.5 Å². The van der Waals surface area contributed by atoms with Gasteiger partial charge in [-0.05, 0) is 190 Å². The SMILES string of the molecule is C=CC(=O)OCCCCCCOc1ccc2cc(C#Cc3ccc(OCCCCCCOc4ccc(C#Cc5ccc6cc(OCCCCCCOC(=O)C=C)ccc6c5)cc4C(=O)N=O)cc3)ccc2c1. The molecule has 1 amide bonds. The Hall–Kier alpha value is -8.15. The molecule has 0 N–H and O–H groups in total. The minimum Gasteiger partial charge on any atom is -0.494 e. The lowest BCUT2D eigenvalue weighted by atomic mass is 10.1. The van der Waals surface area contributed by atoms with E-state index in [1.165, 1.54) is 12.2 Å². The molecule has 0 atom stereocenters. The molecule has 0 saturated heterocycles. The van der Waals surface area contributed by atoms with Crippen molar-refractivity contribution in [2.45, 2.75) is 77.0 Å². The first kappa shape index (κ1) is 53.2. The van der Waals surface area contributed by atoms with Crippen LogP contribution in [-0.4, -0.2) is 57.5 Å². The highest BCUT2D eigenvalue weighted by molar-refractivity contribution is 5.98. The summed E-state index contributed by atoms with van der Waals surface area (Å²) < 4.78 is 33.8. The maximum absolute atomic E-state index is 12.5. The quantitative estimate of drug-likeness (QED) is 0.0154. The molecular weight excluding hydrogens is 907 g/mol. The third-order valence-corrected chi connectivity index (χ3v) is 11.5. The van der Waals surface area contributed by atoms with Crippen molar-refractivity contribution in [3.63, 3.8) is 0 Å². The average molecular weight is 968 g/mol. The van der Waals surface area contributed by atoms with E-state index in [1.807, 2.05) is 78.9 Å². The van der Waals surface area contributed by atoms with Gasteiger partial charge in [0.25, 0.3) is 0 Å². The van der Waals surface area contributed by atoms with E-state index in [0.29, 0.717) is 51.0 Å². The lowest BCUT2D eigenvalue weighted by Crippen LogP contribution is -2.04. The van der Waals surface area contributed by atoms with Crippen LogP contribution in [0, 0.1) is 28.6 Å². The van der Waals surface area contributed by atoms with E-state index in [1.54, 1.807) is 18.2 Å². The number of carbonyl (C=O) groups is 3. The molecule has 0 saturated carbocycles. The van der Waals surface area contributed by atoms with Crippen molar-refractivity contribution in [3.8, 4) is 46.7 Å². The van der Waals surface area contributed by atoms with Gasteiger partial charge in [-0.15, -0.1) is 4.91 Å². The van der Waals surface area contributed by atoms with Gasteiger partial charge in [0.05, 0.1) is 45.2 Å². The molecule has 0 fully saturated rings. The van der Waals surface area contributed by atoms with Gasteiger partial charge in [-0.1, -0.05) is 61.1 Å². The molecule has 72 heavy (non-hydrogen) atoms. The zero-order valence-corrected chi connectivity index (χ0v) is 40.8. The first-order chi connectivity index (χ1) is 35.3. The Balaban J connectivity index is 0.858. The Labute approximate surface area is 422 Å². The number of ether oxygens (including phenoxy) is 6. The predicted octanol–water partition coefficient (Wildman–Crippen LogP) is 13.1. The van der Waals surface area contributed by atoms with Crippen molar-refractivity contribution >= 4 is 39.4 Å². The van der Waals surface area contributed by atoms with Gasteiger partial charge in [-0.25, -0.2) is 9.59 Å². The average Bonchev–Trinajstić information content (AvgIpc) is 3.41. The second kappa shape index (κ2) is 29.8. The molecule has 11 heteroatoms. The highest BCUT2D eigenvalue weighted by atomic mass is 16.5. The van der Waals surface area contributed by atoms with E-state index in [0.717, 1.165) is 133 Å². The molecule has 11 nitrogen and oxygen atoms in total. The molecule has 6 aromatic rings. The van der Waals surface area contributed by atoms with Crippen molar-refractivity contribution in [3.05, 3.63) is 173 Å². The van der Waals surface area contributed by atoms with Crippen molar-refractivity contribution < 1.29 is 42.8 Å². The lowest BCUT2D eigenvalue weighted by Gasteiger charge is -2.10. The number of nitrogens with zero attached hydrogens (tertiary/aromatic N) is 1. The summed E-state index contributed by atoms with van der Waals surface area (Å²) in [5.41, 5.74) is 3.26. The fraction of sp³-hybridized carbons (Fsp3) is 0.295. The van der Waals surface area contributed by atoms with Crippen LogP contribution in [0.4, 0.5) is 0 Å². The van der Waals surface area contributed by atoms with Gasteiger partial charge < -0.3 is 28.4 Å². The van der Waals surface area contributed by atoms with Crippen LogP contribution in [-0.2, 0) is 19.1 Å². The van der Waals surface area contributed by atoms with Gasteiger partial charge in [-0.2, -0.15) is 0 Å². The smallest absolute Gasteiger partial charge is 0.330 e. The molecule has 6 aromatic carbocycles. The maximum atomic E-state index is 12.5. The molecule has 6 rings (SSSR count). The Morgan fingerprint density at radius 1 is 0.403 bits per heavy atom. The van der Waals surface area contributed by atoms with Crippen molar-refractivity contribution in [2.75, 3.05) is 39.6 Å². The number of hydrogen-bond acceptors (Lipinski definition) is 10. The number of esters is 2. The minimum atomic E-state index is -0.907. The minimum absolute atomic E-state index is 0.0833. The Bertz CT molecular complexity index is 2920. The second-order valence-electron chi connectivity index (χ2n) is 17.0. The molecular formula is C61H61NO10. The number of carbonyl (C=O) groups excluding carboxylic acids is 3. The Morgan fingerprint density at radius 3 is 1.24 bits per heavy atom. The van der Waals surface area contributed by atoms with Gasteiger partial charge in [0.1, 0.15) is 23.0 Å². The van der Waals surface area contributed by atoms with Crippen LogP contribution in [0.15, 0.2) is 146 Å². The van der Waals surface area contributed by atoms with Crippen LogP contribution >= 0.6 is 0 Å². The van der Waals surface area contributed by atoms with Crippen molar-refractivity contribution in [1.82, 2.24) is 0 Å². The van der Waals surface area contributed by atoms with Crippen LogP contribution in [0.2, 0.25) is 0 Å². The van der Waals surface area contributed by atoms with Gasteiger partial charge in [0.2, 0.25) is 0 Å². The fourth-order valence-electron chi connectivity index (χ4n) is 7.54. The van der Waals surface area contributed by atoms with E-state index in [4.69, 9.17) is 28.4 Å². The highest BCUT2D eigenvalue weighted by Gasteiger charge is 2.14. The summed E-state index contributed by atoms with van der Waals surface area (Å²) in [5, 5.41) is 6.87. The summed E-state index contributed by atoms with van der Waals surface area (Å²) in [5.74, 6) is 13.8. The van der Waals surface area contributed by atoms with E-state index >= 15 is 0 Å². The summed E-state index contributed by atoms with van der Waals surface area (Å²) in [6.45, 7) is 9.81. The van der Waals surface area contributed by atoms with Crippen LogP contribution in [0.5, 0.6) is 23.0 Å². The summed E-state index contributed by atoms with van der Waals surface area (Å²) in [7, 11) is 0. The molecule has 0 aliphatic heterocycles. The van der Waals surface area contributed by atoms with Crippen LogP contribution in [0.1, 0.15) is 110 Å². The summed E-state index contributed by atoms with van der Waals surface area (Å²) in [6.07, 6.45) is 13.2. The lowest BCUT2D eigenvalue weighted by molar-refractivity contribution is -0.138. The Kier molecular flexibility index (Phi) is 22.0. The van der Waals surface area contributed by atoms with Gasteiger partial charge in [-0.3, -0.25) is 4.79 Å². The first-order valence-electron chi connectivity index (χ1n) is 24.6. The van der Waals surface area contributed by atoms with E-state index in [9.17, 15) is 19.3 Å². The molecule has 0 aromatic heterocycles. The summed E-state index contributed by atoms with van der Waals surface area (Å²) in [4.78, 5) is 46.0. The van der Waals surface area contributed by atoms with Crippen LogP contribution < -0.4 is 18.9 Å². The standard InChI is InChI=1S/C61H61NO10/c1-3-59(63)71-39-15-9-6-12-36-68-55-32-28-50-41-47(21-26-52(50)44-55)18-17-46-23-30-54(31-24-46)67-35-11-5-8-14-38-70-58-34-25-49(43-57(58)61(65)62-66)20-19-48-22-27-53-45-56(33-29-51(53)42-48)69-37-13-7-10-16-40-72-60(64)4-2/h3-4,21-34,41-45H,1-2,5-16,35-40H2. The number of nitroso groups, excluding NO2 is 1. The molecule has 0 radical (unpaired) electrons. The van der Waals surface area contributed by atoms with Gasteiger partial charge in [0, 0.05) is 39.6 Å². The van der Waals surface area contributed by atoms with Crippen LogP contribution in [0.3, 0.4) is 0 Å². The molecule has 0 aliphatic rings. The topological polar surface area (TPSA) is 136 Å². The molecule has 370 valence electrons. The number of amides is 1. The monoisotopic (exact) mass is 967 g/mol. The molecule has 0 heterocycles. The van der Waals surface area contributed by atoms with Gasteiger partial charge >= 0.3 is 17.8 Å². The van der Waals surface area contributed by atoms with Crippen molar-refractivity contribution in [2.24, 2.45) is 5.18 Å². The van der Waals surface area contributed by atoms with Gasteiger partial charge in [0.15, 0.2) is 0 Å². The maximum Gasteiger partial charge on any atom is 0.330 e. The molecule has 0 unspecified atom stereocenters. The fourth-order valence-corrected chi connectivity index (χ4v) is 7.54. The zero-order chi connectivity index (χ0) is 50.6. The molecule has 0 bridgehead atoms. The molecule has 0 aliphatic carbocycles. The zero-order valence-electron chi connectivity index (χ0n) is 40.8. The summed E-state index contributed by atoms with van der Waals surface area (Å²) in [6, 6.07) is 36.9. The van der Waals surface area contributed by atoms with E-state index in [-0.39, 0.29) is 11.5 Å². The third-order valence-electron chi connectivity index (χ3n) is 11.5. The number of unbranched alkanes of at least 4 members (excludes halogenated alkanes) is 9. The van der Waals surface area contributed by atoms with Crippen molar-refractivity contribution in [1.29, 1.82) is 0 Å². The van der Waals surface area contributed by atoms with E-state index < -0.39 is 11.9 Å². The van der Waals surface area contributed by atoms with E-state index in [2.05, 4.69) is 60.2 Å². The number of fused-ring (bicyclic) bond motifs is 2. The molecule has 0 spiro atoms. The normalized spacial score (nSPS) is 10.5. The Morgan fingerprint density at radius 2 is 0.764 bits per heavy atom. The number of benzene rings is 6. The highest BCUT2D eigenvalue weighted by Crippen LogP contribution is 2.26.